The number of rotatable bonds is 9. The molecule has 11 nitrogen and oxygen atoms in total. The van der Waals surface area contributed by atoms with E-state index in [-0.39, 0.29) is 23.6 Å². The first-order valence-corrected chi connectivity index (χ1v) is 18.9. The first-order chi connectivity index (χ1) is 26.9. The van der Waals surface area contributed by atoms with Crippen molar-refractivity contribution in [3.8, 4) is 34.5 Å². The standard InChI is InChI=1S/C44H43N3O8S/c1-24-15-33(16-25(2)27(24)4)53-41-22-47(21-38(41)50)20-28-5-10-32(11-6-28)52-23-26(3)45-43(56)46-29-7-12-35-34(17-29)42(51)55-44(35)36-13-8-30(48)18-39(36)54-40-19-31(49)9-14-37(40)44/h5-19,26,38,41,48-50H,20-23H2,1-4H3,(H2,45,46,56)/t26-,38-,41-/m0/s1. The number of carbonyl (C=O) groups is 1. The summed E-state index contributed by atoms with van der Waals surface area (Å²) < 4.78 is 24.5. The molecule has 0 saturated carbocycles. The molecule has 3 atom stereocenters. The number of nitrogens with one attached hydrogen (secondary N) is 2. The van der Waals surface area contributed by atoms with Crippen LogP contribution in [0.5, 0.6) is 34.5 Å². The maximum absolute atomic E-state index is 13.5. The van der Waals surface area contributed by atoms with Crippen LogP contribution in [0.3, 0.4) is 0 Å². The summed E-state index contributed by atoms with van der Waals surface area (Å²) >= 11 is 5.61. The minimum Gasteiger partial charge on any atom is -0.508 e. The molecule has 8 rings (SSSR count). The number of fused-ring (bicyclic) bond motifs is 6. The van der Waals surface area contributed by atoms with Crippen molar-refractivity contribution in [3.05, 3.63) is 136 Å². The van der Waals surface area contributed by atoms with Gasteiger partial charge in [0.05, 0.1) is 11.6 Å². The van der Waals surface area contributed by atoms with Gasteiger partial charge in [-0.2, -0.15) is 0 Å². The van der Waals surface area contributed by atoms with Gasteiger partial charge in [-0.15, -0.1) is 0 Å². The van der Waals surface area contributed by atoms with E-state index >= 15 is 0 Å². The fourth-order valence-electron chi connectivity index (χ4n) is 7.70. The van der Waals surface area contributed by atoms with Crippen LogP contribution in [0, 0.1) is 20.8 Å². The number of phenolic OH excluding ortho intramolecular Hbond substituents is 2. The predicted molar refractivity (Wildman–Crippen MR) is 215 cm³/mol. The van der Waals surface area contributed by atoms with Crippen LogP contribution in [0.2, 0.25) is 0 Å². The van der Waals surface area contributed by atoms with Gasteiger partial charge in [-0.05, 0) is 123 Å². The van der Waals surface area contributed by atoms with Crippen LogP contribution in [-0.2, 0) is 16.9 Å². The Hall–Kier alpha value is -5.82. The van der Waals surface area contributed by atoms with Crippen LogP contribution < -0.4 is 24.8 Å². The molecule has 0 unspecified atom stereocenters. The summed E-state index contributed by atoms with van der Waals surface area (Å²) in [6, 6.07) is 26.5. The Morgan fingerprint density at radius 2 is 1.52 bits per heavy atom. The first-order valence-electron chi connectivity index (χ1n) is 18.5. The van der Waals surface area contributed by atoms with E-state index < -0.39 is 17.7 Å². The van der Waals surface area contributed by atoms with Gasteiger partial charge < -0.3 is 44.9 Å². The lowest BCUT2D eigenvalue weighted by atomic mass is 9.77. The summed E-state index contributed by atoms with van der Waals surface area (Å²) in [5.74, 6) is 1.60. The molecule has 0 radical (unpaired) electrons. The quantitative estimate of drug-likeness (QED) is 0.0781. The molecule has 1 fully saturated rings. The van der Waals surface area contributed by atoms with Crippen molar-refractivity contribution in [2.24, 2.45) is 0 Å². The van der Waals surface area contributed by atoms with Crippen molar-refractivity contribution in [2.75, 3.05) is 25.0 Å². The molecule has 5 N–H and O–H groups in total. The van der Waals surface area contributed by atoms with E-state index in [1.54, 1.807) is 18.2 Å². The van der Waals surface area contributed by atoms with E-state index in [9.17, 15) is 20.1 Å². The molecule has 0 aliphatic carbocycles. The maximum Gasteiger partial charge on any atom is 0.340 e. The van der Waals surface area contributed by atoms with Crippen molar-refractivity contribution in [2.45, 2.75) is 58.1 Å². The maximum atomic E-state index is 13.5. The van der Waals surface area contributed by atoms with Gasteiger partial charge in [-0.3, -0.25) is 4.90 Å². The van der Waals surface area contributed by atoms with Gasteiger partial charge in [-0.1, -0.05) is 18.2 Å². The summed E-state index contributed by atoms with van der Waals surface area (Å²) in [5, 5.41) is 37.8. The molecule has 288 valence electrons. The second-order valence-electron chi connectivity index (χ2n) is 14.8. The summed E-state index contributed by atoms with van der Waals surface area (Å²) in [5.41, 5.74) is 6.02. The number of phenols is 2. The zero-order valence-electron chi connectivity index (χ0n) is 31.5. The van der Waals surface area contributed by atoms with E-state index in [0.29, 0.717) is 70.8 Å². The van der Waals surface area contributed by atoms with Crippen LogP contribution in [0.25, 0.3) is 0 Å². The number of ether oxygens (including phenoxy) is 4. The van der Waals surface area contributed by atoms with E-state index in [0.717, 1.165) is 17.1 Å². The topological polar surface area (TPSA) is 142 Å². The molecule has 0 aromatic heterocycles. The smallest absolute Gasteiger partial charge is 0.340 e. The number of aliphatic hydroxyl groups excluding tert-OH is 1. The number of esters is 1. The molecule has 0 amide bonds. The Morgan fingerprint density at radius 3 is 2.18 bits per heavy atom. The Kier molecular flexibility index (Phi) is 9.73. The molecule has 3 heterocycles. The van der Waals surface area contributed by atoms with Crippen molar-refractivity contribution < 1.29 is 39.1 Å². The van der Waals surface area contributed by atoms with Crippen molar-refractivity contribution in [3.63, 3.8) is 0 Å². The number of aryl methyl sites for hydroxylation is 2. The minimum atomic E-state index is -1.34. The van der Waals surface area contributed by atoms with Crippen LogP contribution >= 0.6 is 12.2 Å². The summed E-state index contributed by atoms with van der Waals surface area (Å²) in [6.45, 7) is 10.4. The van der Waals surface area contributed by atoms with Crippen LogP contribution in [-0.4, -0.2) is 69.2 Å². The van der Waals surface area contributed by atoms with Crippen molar-refractivity contribution in [1.82, 2.24) is 10.2 Å². The van der Waals surface area contributed by atoms with E-state index in [1.165, 1.54) is 41.0 Å². The Labute approximate surface area is 330 Å². The average Bonchev–Trinajstić information content (AvgIpc) is 3.64. The fourth-order valence-corrected chi connectivity index (χ4v) is 8.02. The fraction of sp³-hybridized carbons (Fsp3) is 0.273. The number of carbonyl (C=O) groups excluding carboxylic acids is 1. The van der Waals surface area contributed by atoms with Gasteiger partial charge in [0.25, 0.3) is 0 Å². The molecule has 1 saturated heterocycles. The Balaban J connectivity index is 0.856. The number of β-amino-alcohol motifs (C(OH)–C–C–N with tert-alkyl or cyclic N) is 1. The van der Waals surface area contributed by atoms with Gasteiger partial charge in [-0.25, -0.2) is 4.79 Å². The third-order valence-corrected chi connectivity index (χ3v) is 11.0. The molecule has 3 aliphatic heterocycles. The first kappa shape index (κ1) is 37.1. The molecular formula is C44H43N3O8S. The van der Waals surface area contributed by atoms with Gasteiger partial charge >= 0.3 is 5.97 Å². The highest BCUT2D eigenvalue weighted by molar-refractivity contribution is 7.80. The number of nitrogens with zero attached hydrogens (tertiary/aromatic N) is 1. The monoisotopic (exact) mass is 773 g/mol. The van der Waals surface area contributed by atoms with Gasteiger partial charge in [0.1, 0.15) is 53.3 Å². The summed E-state index contributed by atoms with van der Waals surface area (Å²) in [6.07, 6.45) is -0.857. The second kappa shape index (κ2) is 14.7. The highest BCUT2D eigenvalue weighted by atomic mass is 32.1. The lowest BCUT2D eigenvalue weighted by Gasteiger charge is -2.36. The van der Waals surface area contributed by atoms with Gasteiger partial charge in [0, 0.05) is 54.1 Å². The minimum absolute atomic E-state index is 0.00947. The average molecular weight is 774 g/mol. The zero-order chi connectivity index (χ0) is 39.3. The largest absolute Gasteiger partial charge is 0.508 e. The molecule has 56 heavy (non-hydrogen) atoms. The normalized spacial score (nSPS) is 18.3. The van der Waals surface area contributed by atoms with E-state index in [2.05, 4.69) is 36.3 Å². The second-order valence-corrected chi connectivity index (χ2v) is 15.3. The van der Waals surface area contributed by atoms with Gasteiger partial charge in [0.2, 0.25) is 0 Å². The van der Waals surface area contributed by atoms with E-state index in [4.69, 9.17) is 31.2 Å². The van der Waals surface area contributed by atoms with Crippen molar-refractivity contribution >= 4 is 29.0 Å². The molecule has 0 bridgehead atoms. The zero-order valence-corrected chi connectivity index (χ0v) is 32.3. The number of aromatic hydroxyl groups is 2. The van der Waals surface area contributed by atoms with Crippen LogP contribution in [0.4, 0.5) is 5.69 Å². The van der Waals surface area contributed by atoms with Gasteiger partial charge in [0.15, 0.2) is 10.7 Å². The number of hydrogen-bond acceptors (Lipinski definition) is 10. The highest BCUT2D eigenvalue weighted by Gasteiger charge is 2.53. The Bertz CT molecular complexity index is 2270. The van der Waals surface area contributed by atoms with E-state index in [1.807, 2.05) is 55.5 Å². The number of likely N-dealkylation sites (tertiary alicyclic amines) is 1. The predicted octanol–water partition coefficient (Wildman–Crippen LogP) is 6.97. The van der Waals surface area contributed by atoms with Crippen molar-refractivity contribution in [1.29, 1.82) is 0 Å². The number of hydrogen-bond donors (Lipinski definition) is 5. The van der Waals surface area contributed by atoms with Crippen LogP contribution in [0.15, 0.2) is 91.0 Å². The van der Waals surface area contributed by atoms with Crippen LogP contribution in [0.1, 0.15) is 56.2 Å². The molecule has 5 aromatic rings. The SMILES string of the molecule is Cc1cc(O[C@H]2CN(Cc3ccc(OC[C@H](C)NC(=S)Nc4ccc5c(c4)C(=O)OC54c5ccc(O)cc5Oc5cc(O)ccc54)cc3)C[C@@H]2O)cc(C)c1C. The molecule has 1 spiro atoms. The number of aliphatic hydroxyl groups is 1. The third-order valence-electron chi connectivity index (χ3n) is 10.7. The number of thiocarbonyl (C=S) groups is 1. The lowest BCUT2D eigenvalue weighted by Crippen LogP contribution is -2.39. The number of benzene rings is 5. The number of anilines is 1. The lowest BCUT2D eigenvalue weighted by molar-refractivity contribution is 0.0224. The molecule has 5 aromatic carbocycles. The third kappa shape index (κ3) is 7.07. The highest BCUT2D eigenvalue weighted by Crippen LogP contribution is 2.57. The molecule has 3 aliphatic rings. The molecule has 12 heteroatoms. The summed E-state index contributed by atoms with van der Waals surface area (Å²) in [7, 11) is 0. The Morgan fingerprint density at radius 1 is 0.875 bits per heavy atom. The molecular weight excluding hydrogens is 731 g/mol. The summed E-state index contributed by atoms with van der Waals surface area (Å²) in [4.78, 5) is 15.7.